The third-order valence-electron chi connectivity index (χ3n) is 5.62. The van der Waals surface area contributed by atoms with Crippen molar-refractivity contribution in [3.8, 4) is 5.69 Å². The summed E-state index contributed by atoms with van der Waals surface area (Å²) < 4.78 is 9.87. The normalized spacial score (nSPS) is 16.6. The first-order chi connectivity index (χ1) is 14.5. The number of thiophene rings is 1. The van der Waals surface area contributed by atoms with E-state index in [2.05, 4.69) is 35.4 Å². The SMILES string of the molecule is CCSc1nnc2n(-c3cccc(C)c3)c(=O)c3c4c(sc3n12)COC(C(C)C)C4. The molecule has 3 aromatic heterocycles. The molecule has 8 heteroatoms. The number of nitrogens with zero attached hydrogens (tertiary/aromatic N) is 4. The molecule has 156 valence electrons. The summed E-state index contributed by atoms with van der Waals surface area (Å²) >= 11 is 3.28. The number of aromatic nitrogens is 4. The van der Waals surface area contributed by atoms with Crippen molar-refractivity contribution in [3.05, 3.63) is 50.6 Å². The molecule has 0 fully saturated rings. The number of fused-ring (bicyclic) bond motifs is 5. The van der Waals surface area contributed by atoms with Crippen LogP contribution in [0.4, 0.5) is 0 Å². The van der Waals surface area contributed by atoms with E-state index >= 15 is 0 Å². The molecular weight excluding hydrogens is 416 g/mol. The molecule has 1 aromatic carbocycles. The highest BCUT2D eigenvalue weighted by Crippen LogP contribution is 2.37. The summed E-state index contributed by atoms with van der Waals surface area (Å²) in [7, 11) is 0. The maximum atomic E-state index is 13.9. The van der Waals surface area contributed by atoms with Gasteiger partial charge in [-0.15, -0.1) is 21.5 Å². The van der Waals surface area contributed by atoms with E-state index in [-0.39, 0.29) is 11.7 Å². The second-order valence-electron chi connectivity index (χ2n) is 8.01. The number of hydrogen-bond donors (Lipinski definition) is 0. The number of hydrogen-bond acceptors (Lipinski definition) is 6. The fraction of sp³-hybridized carbons (Fsp3) is 0.409. The van der Waals surface area contributed by atoms with Gasteiger partial charge in [0.05, 0.1) is 23.8 Å². The van der Waals surface area contributed by atoms with Crippen LogP contribution in [-0.4, -0.2) is 31.0 Å². The molecule has 0 radical (unpaired) electrons. The molecule has 0 saturated heterocycles. The van der Waals surface area contributed by atoms with Crippen molar-refractivity contribution >= 4 is 39.1 Å². The van der Waals surface area contributed by atoms with E-state index < -0.39 is 0 Å². The van der Waals surface area contributed by atoms with Crippen molar-refractivity contribution < 1.29 is 4.74 Å². The van der Waals surface area contributed by atoms with Crippen LogP contribution in [0.25, 0.3) is 21.7 Å². The largest absolute Gasteiger partial charge is 0.372 e. The zero-order chi connectivity index (χ0) is 21.0. The Labute approximate surface area is 182 Å². The van der Waals surface area contributed by atoms with E-state index in [1.54, 1.807) is 27.7 Å². The Kier molecular flexibility index (Phi) is 4.95. The summed E-state index contributed by atoms with van der Waals surface area (Å²) in [6.07, 6.45) is 0.892. The minimum absolute atomic E-state index is 0.0227. The van der Waals surface area contributed by atoms with Crippen LogP contribution in [-0.2, 0) is 17.8 Å². The van der Waals surface area contributed by atoms with Gasteiger partial charge in [-0.25, -0.2) is 8.97 Å². The maximum absolute atomic E-state index is 13.9. The highest BCUT2D eigenvalue weighted by Gasteiger charge is 2.30. The topological polar surface area (TPSA) is 61.4 Å². The summed E-state index contributed by atoms with van der Waals surface area (Å²) in [5, 5.41) is 10.5. The van der Waals surface area contributed by atoms with Gasteiger partial charge in [0, 0.05) is 11.3 Å². The maximum Gasteiger partial charge on any atom is 0.268 e. The molecule has 5 rings (SSSR count). The third kappa shape index (κ3) is 3.01. The Morgan fingerprint density at radius 2 is 2.17 bits per heavy atom. The number of thioether (sulfide) groups is 1. The van der Waals surface area contributed by atoms with Crippen LogP contribution in [0.2, 0.25) is 0 Å². The van der Waals surface area contributed by atoms with Crippen LogP contribution in [0.15, 0.2) is 34.2 Å². The average molecular weight is 441 g/mol. The van der Waals surface area contributed by atoms with E-state index in [4.69, 9.17) is 4.74 Å². The van der Waals surface area contributed by atoms with Crippen LogP contribution in [0.5, 0.6) is 0 Å². The Balaban J connectivity index is 1.89. The van der Waals surface area contributed by atoms with Crippen LogP contribution < -0.4 is 5.56 Å². The first-order valence-corrected chi connectivity index (χ1v) is 12.1. The lowest BCUT2D eigenvalue weighted by atomic mass is 9.96. The molecule has 1 atom stereocenters. The molecule has 1 aliphatic heterocycles. The lowest BCUT2D eigenvalue weighted by molar-refractivity contribution is 0.00200. The van der Waals surface area contributed by atoms with Crippen molar-refractivity contribution in [3.63, 3.8) is 0 Å². The smallest absolute Gasteiger partial charge is 0.268 e. The van der Waals surface area contributed by atoms with Gasteiger partial charge >= 0.3 is 0 Å². The van der Waals surface area contributed by atoms with Crippen molar-refractivity contribution in [2.75, 3.05) is 5.75 Å². The zero-order valence-corrected chi connectivity index (χ0v) is 19.1. The lowest BCUT2D eigenvalue weighted by Crippen LogP contribution is -2.28. The van der Waals surface area contributed by atoms with Crippen LogP contribution in [0.3, 0.4) is 0 Å². The minimum atomic E-state index is -0.0227. The molecule has 0 saturated carbocycles. The summed E-state index contributed by atoms with van der Waals surface area (Å²) in [6, 6.07) is 7.98. The highest BCUT2D eigenvalue weighted by atomic mass is 32.2. The lowest BCUT2D eigenvalue weighted by Gasteiger charge is -2.26. The fourth-order valence-electron chi connectivity index (χ4n) is 4.09. The van der Waals surface area contributed by atoms with Crippen molar-refractivity contribution in [1.29, 1.82) is 0 Å². The van der Waals surface area contributed by atoms with Crippen molar-refractivity contribution in [2.24, 2.45) is 5.92 Å². The average Bonchev–Trinajstić information content (AvgIpc) is 3.29. The van der Waals surface area contributed by atoms with Gasteiger partial charge in [-0.1, -0.05) is 44.7 Å². The van der Waals surface area contributed by atoms with Crippen molar-refractivity contribution in [2.45, 2.75) is 52.0 Å². The molecule has 6 nitrogen and oxygen atoms in total. The minimum Gasteiger partial charge on any atom is -0.372 e. The summed E-state index contributed by atoms with van der Waals surface area (Å²) in [4.78, 5) is 15.9. The van der Waals surface area contributed by atoms with Gasteiger partial charge in [0.1, 0.15) is 4.83 Å². The Bertz CT molecular complexity index is 1320. The molecule has 0 spiro atoms. The monoisotopic (exact) mass is 440 g/mol. The molecule has 0 N–H and O–H groups in total. The second-order valence-corrected chi connectivity index (χ2v) is 10.3. The van der Waals surface area contributed by atoms with Gasteiger partial charge in [-0.2, -0.15) is 0 Å². The molecule has 4 heterocycles. The Hall–Kier alpha value is -2.16. The molecule has 0 aliphatic carbocycles. The second kappa shape index (κ2) is 7.51. The molecule has 30 heavy (non-hydrogen) atoms. The number of ether oxygens (including phenoxy) is 1. The molecule has 0 bridgehead atoms. The van der Waals surface area contributed by atoms with Crippen LogP contribution in [0, 0.1) is 12.8 Å². The van der Waals surface area contributed by atoms with E-state index in [1.165, 1.54) is 0 Å². The Morgan fingerprint density at radius 1 is 1.33 bits per heavy atom. The summed E-state index contributed by atoms with van der Waals surface area (Å²) in [5.74, 6) is 1.85. The quantitative estimate of drug-likeness (QED) is 0.434. The van der Waals surface area contributed by atoms with Crippen LogP contribution in [0.1, 0.15) is 36.8 Å². The van der Waals surface area contributed by atoms with E-state index in [0.29, 0.717) is 18.3 Å². The van der Waals surface area contributed by atoms with Gasteiger partial charge in [0.15, 0.2) is 5.16 Å². The van der Waals surface area contributed by atoms with E-state index in [0.717, 1.165) is 49.2 Å². The van der Waals surface area contributed by atoms with Crippen LogP contribution >= 0.6 is 23.1 Å². The molecule has 4 aromatic rings. The van der Waals surface area contributed by atoms with Gasteiger partial charge in [-0.3, -0.25) is 4.79 Å². The molecule has 0 amide bonds. The van der Waals surface area contributed by atoms with Gasteiger partial charge in [0.2, 0.25) is 5.78 Å². The molecule has 1 aliphatic rings. The summed E-state index contributed by atoms with van der Waals surface area (Å²) in [6.45, 7) is 9.03. The molecule has 1 unspecified atom stereocenters. The fourth-order valence-corrected chi connectivity index (χ4v) is 6.05. The Morgan fingerprint density at radius 3 is 2.90 bits per heavy atom. The van der Waals surface area contributed by atoms with E-state index in [9.17, 15) is 4.79 Å². The predicted octanol–water partition coefficient (Wildman–Crippen LogP) is 4.61. The third-order valence-corrected chi connectivity index (χ3v) is 7.62. The number of aryl methyl sites for hydroxylation is 1. The molecular formula is C22H24N4O2S2. The van der Waals surface area contributed by atoms with E-state index in [1.807, 2.05) is 31.2 Å². The number of rotatable bonds is 4. The van der Waals surface area contributed by atoms with Crippen molar-refractivity contribution in [1.82, 2.24) is 19.2 Å². The van der Waals surface area contributed by atoms with Gasteiger partial charge in [-0.05, 0) is 41.9 Å². The standard InChI is InChI=1S/C22H24N4O2S2/c1-5-29-22-24-23-21-25(14-8-6-7-13(4)9-14)19(27)18-15-10-16(12(2)3)28-11-17(15)30-20(18)26(21)22/h6-9,12,16H,5,10-11H2,1-4H3. The van der Waals surface area contributed by atoms with Gasteiger partial charge < -0.3 is 4.74 Å². The highest BCUT2D eigenvalue weighted by molar-refractivity contribution is 7.99. The first-order valence-electron chi connectivity index (χ1n) is 10.3. The first kappa shape index (κ1) is 19.8. The van der Waals surface area contributed by atoms with Gasteiger partial charge in [0.25, 0.3) is 5.56 Å². The predicted molar refractivity (Wildman–Crippen MR) is 122 cm³/mol. The number of benzene rings is 1. The summed E-state index contributed by atoms with van der Waals surface area (Å²) in [5.41, 5.74) is 3.03. The zero-order valence-electron chi connectivity index (χ0n) is 17.5.